The van der Waals surface area contributed by atoms with Crippen molar-refractivity contribution < 1.29 is 0 Å². The van der Waals surface area contributed by atoms with Crippen molar-refractivity contribution in [3.63, 3.8) is 0 Å². The van der Waals surface area contributed by atoms with E-state index in [0.29, 0.717) is 12.0 Å². The number of hydrogen-bond acceptors (Lipinski definition) is 1. The summed E-state index contributed by atoms with van der Waals surface area (Å²) in [6.07, 6.45) is 2.34. The Morgan fingerprint density at radius 1 is 1.64 bits per heavy atom. The van der Waals surface area contributed by atoms with E-state index in [1.807, 2.05) is 11.9 Å². The van der Waals surface area contributed by atoms with E-state index >= 15 is 0 Å². The molecule has 0 aliphatic rings. The molecule has 1 atom stereocenters. The predicted molar refractivity (Wildman–Crippen MR) is 49.7 cm³/mol. The van der Waals surface area contributed by atoms with Gasteiger partial charge in [0.25, 0.3) is 0 Å². The van der Waals surface area contributed by atoms with Crippen LogP contribution in [-0.4, -0.2) is 31.0 Å². The van der Waals surface area contributed by atoms with Gasteiger partial charge in [-0.05, 0) is 13.3 Å². The van der Waals surface area contributed by atoms with Gasteiger partial charge in [-0.2, -0.15) is 0 Å². The molecule has 3 heteroatoms. The van der Waals surface area contributed by atoms with Crippen LogP contribution in [0, 0.1) is 0 Å². The number of rotatable bonds is 3. The molecule has 0 aromatic carbocycles. The molecule has 0 saturated carbocycles. The number of hydrogen-bond donors (Lipinski definition) is 1. The summed E-state index contributed by atoms with van der Waals surface area (Å²) in [6.45, 7) is 4.32. The lowest BCUT2D eigenvalue weighted by Gasteiger charge is -2.24. The molecule has 0 heterocycles. The highest BCUT2D eigenvalue weighted by molar-refractivity contribution is 5.77. The molecule has 0 aliphatic carbocycles. The minimum Gasteiger partial charge on any atom is -0.370 e. The molecular weight excluding hydrogens is 138 g/mol. The Bertz CT molecular complexity index is 131. The van der Waals surface area contributed by atoms with Crippen molar-refractivity contribution in [2.24, 2.45) is 10.7 Å². The first-order chi connectivity index (χ1) is 5.13. The van der Waals surface area contributed by atoms with Crippen LogP contribution >= 0.6 is 0 Å². The summed E-state index contributed by atoms with van der Waals surface area (Å²) in [5.74, 6) is 0.617. The quantitative estimate of drug-likeness (QED) is 0.491. The van der Waals surface area contributed by atoms with E-state index in [0.717, 1.165) is 6.42 Å². The highest BCUT2D eigenvalue weighted by Crippen LogP contribution is 2.02. The van der Waals surface area contributed by atoms with Crippen LogP contribution < -0.4 is 5.73 Å². The first kappa shape index (κ1) is 10.3. The topological polar surface area (TPSA) is 41.6 Å². The van der Waals surface area contributed by atoms with Crippen LogP contribution in [0.25, 0.3) is 0 Å². The maximum Gasteiger partial charge on any atom is 0.190 e. The summed E-state index contributed by atoms with van der Waals surface area (Å²) >= 11 is 0. The van der Waals surface area contributed by atoms with Crippen LogP contribution in [0.15, 0.2) is 4.99 Å². The van der Waals surface area contributed by atoms with Gasteiger partial charge in [-0.25, -0.2) is 0 Å². The minimum atomic E-state index is 0.490. The summed E-state index contributed by atoms with van der Waals surface area (Å²) in [6, 6.07) is 0.490. The predicted octanol–water partition coefficient (Wildman–Crippen LogP) is 1.05. The second kappa shape index (κ2) is 4.99. The molecule has 0 fully saturated rings. The van der Waals surface area contributed by atoms with Gasteiger partial charge in [-0.1, -0.05) is 13.3 Å². The zero-order chi connectivity index (χ0) is 8.85. The number of nitrogens with zero attached hydrogens (tertiary/aromatic N) is 2. The van der Waals surface area contributed by atoms with Crippen LogP contribution in [0.1, 0.15) is 26.7 Å². The summed E-state index contributed by atoms with van der Waals surface area (Å²) < 4.78 is 0. The second-order valence-corrected chi connectivity index (χ2v) is 2.83. The summed E-state index contributed by atoms with van der Waals surface area (Å²) in [5.41, 5.74) is 5.62. The molecule has 0 radical (unpaired) electrons. The molecule has 1 unspecified atom stereocenters. The molecule has 2 N–H and O–H groups in total. The van der Waals surface area contributed by atoms with Gasteiger partial charge >= 0.3 is 0 Å². The first-order valence-corrected chi connectivity index (χ1v) is 4.08. The van der Waals surface area contributed by atoms with Gasteiger partial charge in [-0.3, -0.25) is 4.99 Å². The third-order valence-corrected chi connectivity index (χ3v) is 1.96. The number of aliphatic imine (C=N–C) groups is 1. The fourth-order valence-corrected chi connectivity index (χ4v) is 0.995. The van der Waals surface area contributed by atoms with Gasteiger partial charge in [0, 0.05) is 20.1 Å². The van der Waals surface area contributed by atoms with Crippen LogP contribution in [0.5, 0.6) is 0 Å². The Labute approximate surface area is 69.3 Å². The molecule has 11 heavy (non-hydrogen) atoms. The normalized spacial score (nSPS) is 14.7. The molecule has 0 aromatic heterocycles. The fourth-order valence-electron chi connectivity index (χ4n) is 0.995. The van der Waals surface area contributed by atoms with Crippen LogP contribution in [0.2, 0.25) is 0 Å². The molecule has 3 nitrogen and oxygen atoms in total. The summed E-state index contributed by atoms with van der Waals surface area (Å²) in [5, 5.41) is 0. The lowest BCUT2D eigenvalue weighted by atomic mass is 10.2. The van der Waals surface area contributed by atoms with E-state index in [4.69, 9.17) is 5.73 Å². The van der Waals surface area contributed by atoms with E-state index in [1.165, 1.54) is 6.42 Å². The van der Waals surface area contributed by atoms with Gasteiger partial charge in [0.2, 0.25) is 0 Å². The first-order valence-electron chi connectivity index (χ1n) is 4.08. The summed E-state index contributed by atoms with van der Waals surface area (Å²) in [7, 11) is 3.69. The van der Waals surface area contributed by atoms with Gasteiger partial charge in [0.1, 0.15) is 0 Å². The largest absolute Gasteiger partial charge is 0.370 e. The van der Waals surface area contributed by atoms with Crippen molar-refractivity contribution in [2.45, 2.75) is 32.7 Å². The Hall–Kier alpha value is -0.730. The van der Waals surface area contributed by atoms with Crippen LogP contribution in [0.4, 0.5) is 0 Å². The lowest BCUT2D eigenvalue weighted by Crippen LogP contribution is -2.40. The second-order valence-electron chi connectivity index (χ2n) is 2.83. The van der Waals surface area contributed by atoms with Crippen LogP contribution in [-0.2, 0) is 0 Å². The zero-order valence-electron chi connectivity index (χ0n) is 7.96. The van der Waals surface area contributed by atoms with Gasteiger partial charge < -0.3 is 10.6 Å². The third kappa shape index (κ3) is 3.25. The molecule has 0 aliphatic heterocycles. The van der Waals surface area contributed by atoms with E-state index in [-0.39, 0.29) is 0 Å². The van der Waals surface area contributed by atoms with Crippen molar-refractivity contribution in [3.8, 4) is 0 Å². The molecule has 0 aromatic rings. The van der Waals surface area contributed by atoms with Crippen molar-refractivity contribution in [3.05, 3.63) is 0 Å². The monoisotopic (exact) mass is 157 g/mol. The standard InChI is InChI=1S/C8H19N3/c1-5-6-7(2)11(4)8(9)10-3/h7H,5-6H2,1-4H3,(H2,9,10). The zero-order valence-corrected chi connectivity index (χ0v) is 7.96. The summed E-state index contributed by atoms with van der Waals surface area (Å²) in [4.78, 5) is 5.92. The fraction of sp³-hybridized carbons (Fsp3) is 0.875. The molecule has 66 valence electrons. The smallest absolute Gasteiger partial charge is 0.190 e. The molecule has 0 bridgehead atoms. The number of nitrogens with two attached hydrogens (primary N) is 1. The average Bonchev–Trinajstić information content (AvgIpc) is 2.02. The van der Waals surface area contributed by atoms with Crippen molar-refractivity contribution in [1.29, 1.82) is 0 Å². The van der Waals surface area contributed by atoms with E-state index in [1.54, 1.807) is 7.05 Å². The highest BCUT2D eigenvalue weighted by Gasteiger charge is 2.08. The van der Waals surface area contributed by atoms with Gasteiger partial charge in [0.15, 0.2) is 5.96 Å². The van der Waals surface area contributed by atoms with Crippen molar-refractivity contribution >= 4 is 5.96 Å². The maximum atomic E-state index is 5.62. The van der Waals surface area contributed by atoms with E-state index in [2.05, 4.69) is 18.8 Å². The SMILES string of the molecule is CCCC(C)N(C)C(N)=NC. The van der Waals surface area contributed by atoms with Gasteiger partial charge in [-0.15, -0.1) is 0 Å². The van der Waals surface area contributed by atoms with Crippen molar-refractivity contribution in [1.82, 2.24) is 4.90 Å². The maximum absolute atomic E-state index is 5.62. The van der Waals surface area contributed by atoms with Gasteiger partial charge in [0.05, 0.1) is 0 Å². The molecule has 0 saturated heterocycles. The Balaban J connectivity index is 3.91. The Morgan fingerprint density at radius 2 is 2.18 bits per heavy atom. The van der Waals surface area contributed by atoms with E-state index in [9.17, 15) is 0 Å². The Kier molecular flexibility index (Phi) is 4.66. The lowest BCUT2D eigenvalue weighted by molar-refractivity contribution is 0.363. The van der Waals surface area contributed by atoms with E-state index < -0.39 is 0 Å². The number of guanidine groups is 1. The molecule has 0 spiro atoms. The Morgan fingerprint density at radius 3 is 2.55 bits per heavy atom. The highest BCUT2D eigenvalue weighted by atomic mass is 15.2. The molecular formula is C8H19N3. The van der Waals surface area contributed by atoms with Crippen LogP contribution in [0.3, 0.4) is 0 Å². The molecule has 0 rings (SSSR count). The van der Waals surface area contributed by atoms with Crippen molar-refractivity contribution in [2.75, 3.05) is 14.1 Å². The average molecular weight is 157 g/mol. The molecule has 0 amide bonds. The minimum absolute atomic E-state index is 0.490. The third-order valence-electron chi connectivity index (χ3n) is 1.96.